The van der Waals surface area contributed by atoms with Crippen molar-refractivity contribution in [1.82, 2.24) is 0 Å². The SMILES string of the molecule is CCc1cc(CN)c(O)c2c1C[C@H]1C[C@H]3CC(=O)C(C(N)=O)=C(O)[C@@]3(O)C(=O)C1=C2O. The summed E-state index contributed by atoms with van der Waals surface area (Å²) in [5.74, 6) is -6.29. The number of aliphatic hydroxyl groups is 3. The number of carbonyl (C=O) groups is 3. The van der Waals surface area contributed by atoms with E-state index in [1.807, 2.05) is 6.92 Å². The Morgan fingerprint density at radius 3 is 2.45 bits per heavy atom. The van der Waals surface area contributed by atoms with Gasteiger partial charge in [0.05, 0.1) is 5.56 Å². The molecule has 0 unspecified atom stereocenters. The molecule has 0 radical (unpaired) electrons. The standard InChI is InChI=1S/C22H24N2O7/c1-2-8-3-10(7-23)17(26)15-12(8)5-9-4-11-6-13(25)16(21(24)30)20(29)22(11,31)19(28)14(9)18(15)27/h3,9,11,26-27,29,31H,2,4-7,23H2,1H3,(H2,24,30)/t9-,11+,22+/m1/s1. The van der Waals surface area contributed by atoms with E-state index in [0.29, 0.717) is 24.0 Å². The zero-order chi connectivity index (χ0) is 22.8. The van der Waals surface area contributed by atoms with E-state index in [-0.39, 0.29) is 36.3 Å². The predicted molar refractivity (Wildman–Crippen MR) is 109 cm³/mol. The lowest BCUT2D eigenvalue weighted by Gasteiger charge is -2.46. The minimum absolute atomic E-state index is 0.0196. The third-order valence-electron chi connectivity index (χ3n) is 6.84. The van der Waals surface area contributed by atoms with Crippen molar-refractivity contribution >= 4 is 23.2 Å². The van der Waals surface area contributed by atoms with Crippen molar-refractivity contribution in [2.45, 2.75) is 44.8 Å². The molecule has 9 heteroatoms. The molecule has 0 aliphatic heterocycles. The number of amides is 1. The maximum absolute atomic E-state index is 13.4. The number of phenols is 1. The number of fused-ring (bicyclic) bond motifs is 3. The molecule has 1 fully saturated rings. The van der Waals surface area contributed by atoms with E-state index in [1.54, 1.807) is 6.07 Å². The highest BCUT2D eigenvalue weighted by atomic mass is 16.3. The predicted octanol–water partition coefficient (Wildman–Crippen LogP) is 0.445. The Hall–Kier alpha value is -3.17. The Morgan fingerprint density at radius 2 is 1.87 bits per heavy atom. The molecule has 1 saturated carbocycles. The second-order valence-corrected chi connectivity index (χ2v) is 8.36. The van der Waals surface area contributed by atoms with Gasteiger partial charge in [0.1, 0.15) is 22.8 Å². The lowest BCUT2D eigenvalue weighted by Crippen LogP contribution is -2.58. The number of carbonyl (C=O) groups excluding carboxylic acids is 3. The fraction of sp³-hybridized carbons (Fsp3) is 0.409. The Kier molecular flexibility index (Phi) is 4.71. The summed E-state index contributed by atoms with van der Waals surface area (Å²) >= 11 is 0. The first-order valence-corrected chi connectivity index (χ1v) is 10.1. The third kappa shape index (κ3) is 2.66. The molecule has 31 heavy (non-hydrogen) atoms. The molecule has 0 spiro atoms. The van der Waals surface area contributed by atoms with Crippen LogP contribution in [0.4, 0.5) is 0 Å². The first-order valence-electron chi connectivity index (χ1n) is 10.1. The van der Waals surface area contributed by atoms with Crippen molar-refractivity contribution in [3.8, 4) is 5.75 Å². The summed E-state index contributed by atoms with van der Waals surface area (Å²) < 4.78 is 0. The molecule has 1 amide bonds. The van der Waals surface area contributed by atoms with E-state index in [4.69, 9.17) is 11.5 Å². The number of benzene rings is 1. The molecule has 0 saturated heterocycles. The number of Topliss-reactive ketones (excluding diaryl/α,β-unsaturated/α-hetero) is 2. The van der Waals surface area contributed by atoms with Gasteiger partial charge in [-0.05, 0) is 36.3 Å². The molecule has 4 rings (SSSR count). The highest BCUT2D eigenvalue weighted by molar-refractivity contribution is 6.22. The largest absolute Gasteiger partial charge is 0.508 e. The van der Waals surface area contributed by atoms with Gasteiger partial charge in [-0.3, -0.25) is 14.4 Å². The monoisotopic (exact) mass is 428 g/mol. The van der Waals surface area contributed by atoms with Crippen LogP contribution in [0.25, 0.3) is 5.76 Å². The third-order valence-corrected chi connectivity index (χ3v) is 6.84. The number of aromatic hydroxyl groups is 1. The van der Waals surface area contributed by atoms with E-state index in [0.717, 1.165) is 5.56 Å². The number of hydrogen-bond donors (Lipinski definition) is 6. The second kappa shape index (κ2) is 6.93. The zero-order valence-electron chi connectivity index (χ0n) is 16.9. The molecule has 0 aromatic heterocycles. The zero-order valence-corrected chi connectivity index (χ0v) is 16.9. The van der Waals surface area contributed by atoms with Crippen LogP contribution < -0.4 is 11.5 Å². The van der Waals surface area contributed by atoms with Gasteiger partial charge in [0.25, 0.3) is 5.91 Å². The van der Waals surface area contributed by atoms with Crippen molar-refractivity contribution in [1.29, 1.82) is 0 Å². The fourth-order valence-electron chi connectivity index (χ4n) is 5.30. The number of rotatable bonds is 3. The molecular weight excluding hydrogens is 404 g/mol. The van der Waals surface area contributed by atoms with Gasteiger partial charge in [0.15, 0.2) is 11.4 Å². The van der Waals surface area contributed by atoms with Crippen LogP contribution >= 0.6 is 0 Å². The van der Waals surface area contributed by atoms with Crippen molar-refractivity contribution in [2.75, 3.05) is 0 Å². The van der Waals surface area contributed by atoms with Gasteiger partial charge in [-0.15, -0.1) is 0 Å². The molecule has 1 aromatic carbocycles. The van der Waals surface area contributed by atoms with Crippen molar-refractivity contribution in [3.05, 3.63) is 45.2 Å². The minimum Gasteiger partial charge on any atom is -0.508 e. The van der Waals surface area contributed by atoms with Gasteiger partial charge in [-0.2, -0.15) is 0 Å². The lowest BCUT2D eigenvalue weighted by molar-refractivity contribution is -0.147. The van der Waals surface area contributed by atoms with Crippen LogP contribution in [0.3, 0.4) is 0 Å². The molecule has 0 bridgehead atoms. The molecule has 8 N–H and O–H groups in total. The number of aryl methyl sites for hydroxylation is 1. The molecule has 0 heterocycles. The number of ketones is 2. The van der Waals surface area contributed by atoms with Crippen LogP contribution in [0.1, 0.15) is 42.0 Å². The maximum atomic E-state index is 13.4. The summed E-state index contributed by atoms with van der Waals surface area (Å²) in [6.45, 7) is 1.94. The average molecular weight is 428 g/mol. The maximum Gasteiger partial charge on any atom is 0.255 e. The van der Waals surface area contributed by atoms with E-state index in [1.165, 1.54) is 0 Å². The van der Waals surface area contributed by atoms with Gasteiger partial charge in [0.2, 0.25) is 5.78 Å². The number of nitrogens with two attached hydrogens (primary N) is 2. The summed E-state index contributed by atoms with van der Waals surface area (Å²) in [5.41, 5.74) is 9.43. The van der Waals surface area contributed by atoms with E-state index >= 15 is 0 Å². The van der Waals surface area contributed by atoms with Gasteiger partial charge in [-0.1, -0.05) is 13.0 Å². The fourth-order valence-corrected chi connectivity index (χ4v) is 5.30. The first-order chi connectivity index (χ1) is 14.6. The van der Waals surface area contributed by atoms with E-state index in [2.05, 4.69) is 0 Å². The lowest BCUT2D eigenvalue weighted by atomic mass is 9.59. The molecule has 9 nitrogen and oxygen atoms in total. The molecule has 164 valence electrons. The number of phenolic OH excluding ortho intramolecular Hbond substituents is 1. The van der Waals surface area contributed by atoms with Gasteiger partial charge >= 0.3 is 0 Å². The Labute approximate surface area is 177 Å². The van der Waals surface area contributed by atoms with E-state index in [9.17, 15) is 34.8 Å². The summed E-state index contributed by atoms with van der Waals surface area (Å²) in [5, 5.41) is 43.5. The molecule has 1 aromatic rings. The summed E-state index contributed by atoms with van der Waals surface area (Å²) in [7, 11) is 0. The van der Waals surface area contributed by atoms with Crippen molar-refractivity contribution in [3.63, 3.8) is 0 Å². The van der Waals surface area contributed by atoms with Crippen molar-refractivity contribution < 1.29 is 34.8 Å². The van der Waals surface area contributed by atoms with Crippen LogP contribution in [0, 0.1) is 11.8 Å². The van der Waals surface area contributed by atoms with Crippen LogP contribution in [-0.4, -0.2) is 43.5 Å². The molecule has 3 aliphatic carbocycles. The first kappa shape index (κ1) is 21.1. The Morgan fingerprint density at radius 1 is 1.19 bits per heavy atom. The van der Waals surface area contributed by atoms with Crippen molar-refractivity contribution in [2.24, 2.45) is 23.3 Å². The minimum atomic E-state index is -2.55. The highest BCUT2D eigenvalue weighted by Gasteiger charge is 2.60. The normalized spacial score (nSPS) is 27.7. The Balaban J connectivity index is 1.96. The highest BCUT2D eigenvalue weighted by Crippen LogP contribution is 2.52. The van der Waals surface area contributed by atoms with Crippen LogP contribution in [0.15, 0.2) is 23.0 Å². The van der Waals surface area contributed by atoms with Crippen LogP contribution in [-0.2, 0) is 33.8 Å². The number of hydrogen-bond acceptors (Lipinski definition) is 8. The molecule has 3 atom stereocenters. The summed E-state index contributed by atoms with van der Waals surface area (Å²) in [6, 6.07) is 1.77. The molecule has 3 aliphatic rings. The van der Waals surface area contributed by atoms with E-state index < -0.39 is 52.0 Å². The Bertz CT molecular complexity index is 1120. The summed E-state index contributed by atoms with van der Waals surface area (Å²) in [4.78, 5) is 37.4. The van der Waals surface area contributed by atoms with Crippen LogP contribution in [0.5, 0.6) is 5.75 Å². The number of aliphatic hydroxyl groups excluding tert-OH is 2. The summed E-state index contributed by atoms with van der Waals surface area (Å²) in [6.07, 6.45) is 0.692. The van der Waals surface area contributed by atoms with Crippen LogP contribution in [0.2, 0.25) is 0 Å². The van der Waals surface area contributed by atoms with Gasteiger partial charge in [-0.25, -0.2) is 0 Å². The average Bonchev–Trinajstić information content (AvgIpc) is 2.70. The second-order valence-electron chi connectivity index (χ2n) is 8.36. The van der Waals surface area contributed by atoms with Gasteiger partial charge in [0, 0.05) is 30.0 Å². The molecular formula is C22H24N2O7. The smallest absolute Gasteiger partial charge is 0.255 e. The quantitative estimate of drug-likeness (QED) is 0.375. The topological polar surface area (TPSA) is 184 Å². The van der Waals surface area contributed by atoms with Gasteiger partial charge < -0.3 is 31.9 Å². The number of primary amides is 1.